The fourth-order valence-electron chi connectivity index (χ4n) is 1.60. The Bertz CT molecular complexity index is 456. The number of aryl methyl sites for hydroxylation is 1. The average molecular weight is 244 g/mol. The minimum Gasteiger partial charge on any atom is -0.463 e. The lowest BCUT2D eigenvalue weighted by molar-refractivity contribution is -0.137. The Morgan fingerprint density at radius 2 is 2.06 bits per heavy atom. The number of benzene rings is 1. The monoisotopic (exact) mass is 244 g/mol. The molecule has 0 aromatic heterocycles. The fourth-order valence-corrected chi connectivity index (χ4v) is 1.60. The van der Waals surface area contributed by atoms with Gasteiger partial charge in [-0.25, -0.2) is 4.79 Å². The van der Waals surface area contributed by atoms with Crippen molar-refractivity contribution in [3.8, 4) is 0 Å². The van der Waals surface area contributed by atoms with Crippen molar-refractivity contribution in [1.82, 2.24) is 0 Å². The highest BCUT2D eigenvalue weighted by atomic mass is 16.5. The molecule has 2 heteroatoms. The quantitative estimate of drug-likeness (QED) is 0.447. The molecular formula is C16H20O2. The largest absolute Gasteiger partial charge is 0.463 e. The van der Waals surface area contributed by atoms with Gasteiger partial charge in [0.05, 0.1) is 6.61 Å². The molecule has 0 heterocycles. The minimum atomic E-state index is -0.299. The summed E-state index contributed by atoms with van der Waals surface area (Å²) in [5.74, 6) is -0.299. The molecule has 0 atom stereocenters. The molecule has 0 saturated heterocycles. The lowest BCUT2D eigenvalue weighted by Gasteiger charge is -2.00. The Morgan fingerprint density at radius 1 is 1.28 bits per heavy atom. The molecule has 0 radical (unpaired) electrons. The van der Waals surface area contributed by atoms with Crippen LogP contribution in [0.2, 0.25) is 0 Å². The first kappa shape index (κ1) is 14.2. The highest BCUT2D eigenvalue weighted by Gasteiger charge is 1.94. The maximum Gasteiger partial charge on any atom is 0.330 e. The van der Waals surface area contributed by atoms with Crippen LogP contribution in [0.5, 0.6) is 0 Å². The van der Waals surface area contributed by atoms with E-state index in [1.165, 1.54) is 11.6 Å². The predicted octanol–water partition coefficient (Wildman–Crippen LogP) is 3.77. The van der Waals surface area contributed by atoms with Crippen LogP contribution in [0.3, 0.4) is 0 Å². The van der Waals surface area contributed by atoms with Gasteiger partial charge in [0.2, 0.25) is 0 Å². The Morgan fingerprint density at radius 3 is 2.72 bits per heavy atom. The van der Waals surface area contributed by atoms with Gasteiger partial charge in [0.15, 0.2) is 0 Å². The van der Waals surface area contributed by atoms with Gasteiger partial charge >= 0.3 is 5.97 Å². The molecule has 18 heavy (non-hydrogen) atoms. The summed E-state index contributed by atoms with van der Waals surface area (Å²) in [6, 6.07) is 8.37. The third-order valence-electron chi connectivity index (χ3n) is 2.52. The fraction of sp³-hybridized carbons (Fsp3) is 0.312. The zero-order valence-electron chi connectivity index (χ0n) is 11.3. The molecule has 0 fully saturated rings. The summed E-state index contributed by atoms with van der Waals surface area (Å²) in [6.07, 6.45) is 6.31. The van der Waals surface area contributed by atoms with Crippen LogP contribution >= 0.6 is 0 Å². The van der Waals surface area contributed by atoms with E-state index in [2.05, 4.69) is 31.2 Å². The molecule has 0 aliphatic heterocycles. The number of carbonyl (C=O) groups excluding carboxylic acids is 1. The standard InChI is InChI=1S/C16H20O2/c1-4-14-7-6-8-15(12-14)11-13(3)9-10-16(17)18-5-2/h6-12H,4-5H2,1-3H3. The van der Waals surface area contributed by atoms with Crippen molar-refractivity contribution in [3.05, 3.63) is 53.1 Å². The maximum atomic E-state index is 11.2. The lowest BCUT2D eigenvalue weighted by atomic mass is 10.1. The van der Waals surface area contributed by atoms with E-state index in [1.54, 1.807) is 13.0 Å². The van der Waals surface area contributed by atoms with E-state index in [-0.39, 0.29) is 5.97 Å². The molecule has 2 nitrogen and oxygen atoms in total. The van der Waals surface area contributed by atoms with Crippen molar-refractivity contribution >= 4 is 12.0 Å². The van der Waals surface area contributed by atoms with Gasteiger partial charge in [-0.15, -0.1) is 0 Å². The second-order valence-electron chi connectivity index (χ2n) is 4.07. The van der Waals surface area contributed by atoms with Crippen molar-refractivity contribution in [1.29, 1.82) is 0 Å². The zero-order chi connectivity index (χ0) is 13.4. The number of allylic oxidation sites excluding steroid dienone is 2. The lowest BCUT2D eigenvalue weighted by Crippen LogP contribution is -1.98. The first-order valence-corrected chi connectivity index (χ1v) is 6.27. The summed E-state index contributed by atoms with van der Waals surface area (Å²) in [5, 5.41) is 0. The molecule has 0 saturated carbocycles. The molecule has 1 aromatic carbocycles. The van der Waals surface area contributed by atoms with Crippen LogP contribution < -0.4 is 0 Å². The van der Waals surface area contributed by atoms with Gasteiger partial charge in [-0.2, -0.15) is 0 Å². The molecule has 1 rings (SSSR count). The molecule has 0 unspecified atom stereocenters. The summed E-state index contributed by atoms with van der Waals surface area (Å²) in [6.45, 7) is 6.31. The van der Waals surface area contributed by atoms with Gasteiger partial charge in [-0.05, 0) is 31.4 Å². The van der Waals surface area contributed by atoms with Gasteiger partial charge < -0.3 is 4.74 Å². The van der Waals surface area contributed by atoms with Crippen LogP contribution in [0.15, 0.2) is 42.0 Å². The molecule has 0 bridgehead atoms. The number of hydrogen-bond acceptors (Lipinski definition) is 2. The summed E-state index contributed by atoms with van der Waals surface area (Å²) in [4.78, 5) is 11.2. The van der Waals surface area contributed by atoms with Gasteiger partial charge in [-0.1, -0.05) is 48.9 Å². The Hall–Kier alpha value is -1.83. The van der Waals surface area contributed by atoms with E-state index in [1.807, 2.05) is 13.0 Å². The van der Waals surface area contributed by atoms with Crippen LogP contribution in [0.25, 0.3) is 6.08 Å². The van der Waals surface area contributed by atoms with Crippen LogP contribution in [0, 0.1) is 0 Å². The third kappa shape index (κ3) is 5.00. The van der Waals surface area contributed by atoms with E-state index >= 15 is 0 Å². The highest BCUT2D eigenvalue weighted by molar-refractivity contribution is 5.82. The second-order valence-corrected chi connectivity index (χ2v) is 4.07. The number of hydrogen-bond donors (Lipinski definition) is 0. The van der Waals surface area contributed by atoms with Crippen LogP contribution in [0.1, 0.15) is 31.9 Å². The second kappa shape index (κ2) is 7.49. The molecule has 96 valence electrons. The number of ether oxygens (including phenoxy) is 1. The molecular weight excluding hydrogens is 224 g/mol. The normalized spacial score (nSPS) is 11.8. The molecule has 0 N–H and O–H groups in total. The van der Waals surface area contributed by atoms with Crippen LogP contribution in [0.4, 0.5) is 0 Å². The summed E-state index contributed by atoms with van der Waals surface area (Å²) >= 11 is 0. The minimum absolute atomic E-state index is 0.299. The predicted molar refractivity (Wildman–Crippen MR) is 75.2 cm³/mol. The number of esters is 1. The Labute approximate surface area is 109 Å². The summed E-state index contributed by atoms with van der Waals surface area (Å²) in [7, 11) is 0. The maximum absolute atomic E-state index is 11.2. The zero-order valence-corrected chi connectivity index (χ0v) is 11.3. The topological polar surface area (TPSA) is 26.3 Å². The summed E-state index contributed by atoms with van der Waals surface area (Å²) in [5.41, 5.74) is 3.49. The molecule has 1 aromatic rings. The first-order valence-electron chi connectivity index (χ1n) is 6.27. The van der Waals surface area contributed by atoms with Crippen LogP contribution in [-0.2, 0) is 16.0 Å². The van der Waals surface area contributed by atoms with Gasteiger partial charge in [0.1, 0.15) is 0 Å². The van der Waals surface area contributed by atoms with E-state index < -0.39 is 0 Å². The van der Waals surface area contributed by atoms with E-state index in [0.29, 0.717) is 6.61 Å². The van der Waals surface area contributed by atoms with Crippen molar-refractivity contribution in [3.63, 3.8) is 0 Å². The van der Waals surface area contributed by atoms with Crippen molar-refractivity contribution in [2.24, 2.45) is 0 Å². The van der Waals surface area contributed by atoms with Crippen LogP contribution in [-0.4, -0.2) is 12.6 Å². The average Bonchev–Trinajstić information content (AvgIpc) is 2.37. The Balaban J connectivity index is 2.73. The van der Waals surface area contributed by atoms with E-state index in [9.17, 15) is 4.79 Å². The van der Waals surface area contributed by atoms with E-state index in [4.69, 9.17) is 4.74 Å². The molecule has 0 spiro atoms. The molecule has 0 aliphatic carbocycles. The smallest absolute Gasteiger partial charge is 0.330 e. The highest BCUT2D eigenvalue weighted by Crippen LogP contribution is 2.11. The first-order chi connectivity index (χ1) is 8.65. The molecule has 0 aliphatic rings. The van der Waals surface area contributed by atoms with Gasteiger partial charge in [-0.3, -0.25) is 0 Å². The van der Waals surface area contributed by atoms with Crippen molar-refractivity contribution < 1.29 is 9.53 Å². The Kier molecular flexibility index (Phi) is 5.92. The number of carbonyl (C=O) groups is 1. The summed E-state index contributed by atoms with van der Waals surface area (Å²) < 4.78 is 4.83. The van der Waals surface area contributed by atoms with Crippen molar-refractivity contribution in [2.75, 3.05) is 6.61 Å². The SMILES string of the molecule is CCOC(=O)C=CC(C)=Cc1cccc(CC)c1. The van der Waals surface area contributed by atoms with E-state index in [0.717, 1.165) is 17.6 Å². The van der Waals surface area contributed by atoms with Gasteiger partial charge in [0.25, 0.3) is 0 Å². The number of rotatable bonds is 5. The van der Waals surface area contributed by atoms with Crippen molar-refractivity contribution in [2.45, 2.75) is 27.2 Å². The molecule has 0 amide bonds. The van der Waals surface area contributed by atoms with Gasteiger partial charge in [0, 0.05) is 6.08 Å². The third-order valence-corrected chi connectivity index (χ3v) is 2.52.